The molecule has 0 aliphatic carbocycles. The SMILES string of the molecule is CC(O)c1sc(-c2cc(O)c(C(=O)Nc3c(F)cccc3Cl)cc2F)nc1CF. The number of phenolic OH excluding ortho intramolecular Hbond substituents is 1. The van der Waals surface area contributed by atoms with Crippen LogP contribution in [0.1, 0.15) is 34.0 Å². The topological polar surface area (TPSA) is 82.5 Å². The lowest BCUT2D eigenvalue weighted by Crippen LogP contribution is -2.14. The molecule has 1 unspecified atom stereocenters. The van der Waals surface area contributed by atoms with Crippen LogP contribution in [0.5, 0.6) is 5.75 Å². The summed E-state index contributed by atoms with van der Waals surface area (Å²) in [5.74, 6) is -3.28. The van der Waals surface area contributed by atoms with Gasteiger partial charge in [0.2, 0.25) is 0 Å². The summed E-state index contributed by atoms with van der Waals surface area (Å²) in [6, 6.07) is 5.50. The molecular formula is C19H14ClF3N2O3S. The fourth-order valence-electron chi connectivity index (χ4n) is 2.61. The van der Waals surface area contributed by atoms with Crippen molar-refractivity contribution in [1.82, 2.24) is 4.98 Å². The van der Waals surface area contributed by atoms with Gasteiger partial charge in [-0.15, -0.1) is 11.3 Å². The quantitative estimate of drug-likeness (QED) is 0.505. The van der Waals surface area contributed by atoms with E-state index in [0.29, 0.717) is 0 Å². The van der Waals surface area contributed by atoms with Crippen molar-refractivity contribution in [3.8, 4) is 16.3 Å². The number of halogens is 4. The second-order valence-corrected chi connectivity index (χ2v) is 7.48. The summed E-state index contributed by atoms with van der Waals surface area (Å²) in [5, 5.41) is 22.1. The number of aliphatic hydroxyl groups is 1. The van der Waals surface area contributed by atoms with Crippen molar-refractivity contribution in [1.29, 1.82) is 0 Å². The zero-order chi connectivity index (χ0) is 21.3. The summed E-state index contributed by atoms with van der Waals surface area (Å²) in [7, 11) is 0. The highest BCUT2D eigenvalue weighted by atomic mass is 35.5. The van der Waals surface area contributed by atoms with Crippen molar-refractivity contribution in [2.75, 3.05) is 5.32 Å². The third-order valence-electron chi connectivity index (χ3n) is 4.00. The van der Waals surface area contributed by atoms with E-state index >= 15 is 0 Å². The van der Waals surface area contributed by atoms with Gasteiger partial charge in [-0.2, -0.15) is 0 Å². The van der Waals surface area contributed by atoms with Crippen LogP contribution >= 0.6 is 22.9 Å². The molecule has 3 aromatic rings. The lowest BCUT2D eigenvalue weighted by atomic mass is 10.1. The van der Waals surface area contributed by atoms with Gasteiger partial charge in [0.1, 0.15) is 29.1 Å². The van der Waals surface area contributed by atoms with Crippen LogP contribution in [0.25, 0.3) is 10.6 Å². The molecule has 0 radical (unpaired) electrons. The number of phenols is 1. The Kier molecular flexibility index (Phi) is 6.11. The zero-order valence-corrected chi connectivity index (χ0v) is 16.4. The summed E-state index contributed by atoms with van der Waals surface area (Å²) in [5.41, 5.74) is -0.967. The minimum Gasteiger partial charge on any atom is -0.507 e. The van der Waals surface area contributed by atoms with E-state index in [-0.39, 0.29) is 31.9 Å². The minimum atomic E-state index is -1.00. The molecule has 1 amide bonds. The van der Waals surface area contributed by atoms with E-state index in [1.807, 2.05) is 0 Å². The third kappa shape index (κ3) is 4.21. The van der Waals surface area contributed by atoms with Gasteiger partial charge in [0, 0.05) is 5.56 Å². The second-order valence-electron chi connectivity index (χ2n) is 6.04. The normalized spacial score (nSPS) is 12.1. The number of aliphatic hydroxyl groups excluding tert-OH is 1. The second kappa shape index (κ2) is 8.40. The molecule has 1 atom stereocenters. The minimum absolute atomic E-state index is 0.0325. The monoisotopic (exact) mass is 442 g/mol. The van der Waals surface area contributed by atoms with Gasteiger partial charge in [-0.3, -0.25) is 4.79 Å². The van der Waals surface area contributed by atoms with Crippen LogP contribution in [-0.4, -0.2) is 21.1 Å². The number of alkyl halides is 1. The van der Waals surface area contributed by atoms with Crippen molar-refractivity contribution in [2.24, 2.45) is 0 Å². The number of amides is 1. The molecular weight excluding hydrogens is 429 g/mol. The standard InChI is InChI=1S/C19H14ClF3N2O3S/c1-8(26)17-14(7-21)24-19(29-17)9-6-15(27)10(5-13(9)23)18(28)25-16-11(20)3-2-4-12(16)22/h2-6,8,26-27H,7H2,1H3,(H,25,28). The first-order valence-electron chi connectivity index (χ1n) is 8.24. The van der Waals surface area contributed by atoms with Crippen LogP contribution in [0, 0.1) is 11.6 Å². The van der Waals surface area contributed by atoms with E-state index in [1.165, 1.54) is 19.1 Å². The molecule has 0 spiro atoms. The van der Waals surface area contributed by atoms with E-state index in [9.17, 15) is 28.2 Å². The number of hydrogen-bond donors (Lipinski definition) is 3. The highest BCUT2D eigenvalue weighted by Crippen LogP contribution is 2.36. The molecule has 1 heterocycles. The Hall–Kier alpha value is -2.62. The van der Waals surface area contributed by atoms with Gasteiger partial charge < -0.3 is 15.5 Å². The highest BCUT2D eigenvalue weighted by Gasteiger charge is 2.22. The summed E-state index contributed by atoms with van der Waals surface area (Å²) < 4.78 is 41.6. The van der Waals surface area contributed by atoms with E-state index in [1.54, 1.807) is 0 Å². The van der Waals surface area contributed by atoms with Gasteiger partial charge in [-0.25, -0.2) is 18.2 Å². The number of benzene rings is 2. The summed E-state index contributed by atoms with van der Waals surface area (Å²) in [4.78, 5) is 16.6. The Morgan fingerprint density at radius 3 is 2.62 bits per heavy atom. The number of para-hydroxylation sites is 1. The average Bonchev–Trinajstić information content (AvgIpc) is 3.10. The van der Waals surface area contributed by atoms with Crippen LogP contribution in [0.4, 0.5) is 18.9 Å². The molecule has 0 aliphatic rings. The number of carbonyl (C=O) groups excluding carboxylic acids is 1. The Labute approximate surface area is 172 Å². The van der Waals surface area contributed by atoms with Gasteiger partial charge in [0.25, 0.3) is 5.91 Å². The fourth-order valence-corrected chi connectivity index (χ4v) is 3.84. The van der Waals surface area contributed by atoms with E-state index in [4.69, 9.17) is 11.6 Å². The van der Waals surface area contributed by atoms with Crippen molar-refractivity contribution < 1.29 is 28.2 Å². The number of thiazole rings is 1. The largest absolute Gasteiger partial charge is 0.507 e. The predicted octanol–water partition coefficient (Wildman–Crippen LogP) is 5.22. The van der Waals surface area contributed by atoms with Crippen LogP contribution < -0.4 is 5.32 Å². The van der Waals surface area contributed by atoms with Gasteiger partial charge in [-0.05, 0) is 31.2 Å². The molecule has 0 bridgehead atoms. The van der Waals surface area contributed by atoms with Crippen molar-refractivity contribution in [2.45, 2.75) is 19.7 Å². The Bertz CT molecular complexity index is 1070. The summed E-state index contributed by atoms with van der Waals surface area (Å²) in [6.45, 7) is 0.472. The van der Waals surface area contributed by atoms with Crippen LogP contribution in [0.15, 0.2) is 30.3 Å². The molecule has 1 aromatic heterocycles. The van der Waals surface area contributed by atoms with Crippen molar-refractivity contribution in [3.63, 3.8) is 0 Å². The summed E-state index contributed by atoms with van der Waals surface area (Å²) in [6.07, 6.45) is -1.00. The maximum Gasteiger partial charge on any atom is 0.259 e. The molecule has 2 aromatic carbocycles. The number of anilines is 1. The predicted molar refractivity (Wildman–Crippen MR) is 104 cm³/mol. The molecule has 152 valence electrons. The Balaban J connectivity index is 1.97. The fraction of sp³-hybridized carbons (Fsp3) is 0.158. The van der Waals surface area contributed by atoms with E-state index in [0.717, 1.165) is 29.5 Å². The maximum absolute atomic E-state index is 14.6. The van der Waals surface area contributed by atoms with Gasteiger partial charge >= 0.3 is 0 Å². The van der Waals surface area contributed by atoms with Crippen LogP contribution in [0.3, 0.4) is 0 Å². The molecule has 3 rings (SSSR count). The van der Waals surface area contributed by atoms with Crippen LogP contribution in [0.2, 0.25) is 5.02 Å². The van der Waals surface area contributed by atoms with Crippen molar-refractivity contribution >= 4 is 34.5 Å². The number of rotatable bonds is 5. The number of aromatic nitrogens is 1. The number of nitrogens with zero attached hydrogens (tertiary/aromatic N) is 1. The average molecular weight is 443 g/mol. The van der Waals surface area contributed by atoms with E-state index in [2.05, 4.69) is 10.3 Å². The van der Waals surface area contributed by atoms with Gasteiger partial charge in [0.15, 0.2) is 0 Å². The molecule has 0 aliphatic heterocycles. The van der Waals surface area contributed by atoms with Gasteiger partial charge in [0.05, 0.1) is 32.9 Å². The molecule has 10 heteroatoms. The number of hydrogen-bond acceptors (Lipinski definition) is 5. The Morgan fingerprint density at radius 2 is 2.03 bits per heavy atom. The molecule has 0 saturated heterocycles. The number of nitrogens with one attached hydrogen (secondary N) is 1. The molecule has 5 nitrogen and oxygen atoms in total. The molecule has 0 saturated carbocycles. The molecule has 29 heavy (non-hydrogen) atoms. The highest BCUT2D eigenvalue weighted by molar-refractivity contribution is 7.15. The Morgan fingerprint density at radius 1 is 1.31 bits per heavy atom. The molecule has 3 N–H and O–H groups in total. The van der Waals surface area contributed by atoms with Gasteiger partial charge in [-0.1, -0.05) is 17.7 Å². The van der Waals surface area contributed by atoms with E-state index < -0.39 is 41.6 Å². The third-order valence-corrected chi connectivity index (χ3v) is 5.61. The first-order valence-corrected chi connectivity index (χ1v) is 9.44. The first kappa shape index (κ1) is 21.1. The van der Waals surface area contributed by atoms with Crippen molar-refractivity contribution in [3.05, 3.63) is 63.1 Å². The number of aromatic hydroxyl groups is 1. The first-order chi connectivity index (χ1) is 13.7. The lowest BCUT2D eigenvalue weighted by Gasteiger charge is -2.10. The zero-order valence-electron chi connectivity index (χ0n) is 14.8. The lowest BCUT2D eigenvalue weighted by molar-refractivity contribution is 0.102. The summed E-state index contributed by atoms with van der Waals surface area (Å²) >= 11 is 6.71. The molecule has 0 fully saturated rings. The smallest absolute Gasteiger partial charge is 0.259 e. The van der Waals surface area contributed by atoms with Crippen LogP contribution in [-0.2, 0) is 6.67 Å². The number of carbonyl (C=O) groups is 1. The maximum atomic E-state index is 14.6.